The van der Waals surface area contributed by atoms with E-state index in [0.717, 1.165) is 25.0 Å². The summed E-state index contributed by atoms with van der Waals surface area (Å²) >= 11 is 0. The minimum absolute atomic E-state index is 0.630. The highest BCUT2D eigenvalue weighted by Crippen LogP contribution is 2.17. The molecule has 2 rings (SSSR count). The van der Waals surface area contributed by atoms with Crippen molar-refractivity contribution >= 4 is 5.96 Å². The number of guanidine groups is 1. The third-order valence-corrected chi connectivity index (χ3v) is 4.63. The molecule has 0 aromatic heterocycles. The summed E-state index contributed by atoms with van der Waals surface area (Å²) in [5.74, 6) is 1.85. The van der Waals surface area contributed by atoms with Crippen molar-refractivity contribution in [2.45, 2.75) is 57.9 Å². The zero-order chi connectivity index (χ0) is 14.2. The molecule has 1 heterocycles. The predicted molar refractivity (Wildman–Crippen MR) is 86.2 cm³/mol. The lowest BCUT2D eigenvalue weighted by Crippen LogP contribution is -2.47. The van der Waals surface area contributed by atoms with Gasteiger partial charge in [0.1, 0.15) is 0 Å². The minimum Gasteiger partial charge on any atom is -0.355 e. The molecule has 1 saturated heterocycles. The fourth-order valence-electron chi connectivity index (χ4n) is 3.46. The molecule has 0 amide bonds. The fourth-order valence-corrected chi connectivity index (χ4v) is 3.46. The molecule has 0 spiro atoms. The summed E-state index contributed by atoms with van der Waals surface area (Å²) in [6.07, 6.45) is 9.47. The highest BCUT2D eigenvalue weighted by atomic mass is 15.2. The zero-order valence-corrected chi connectivity index (χ0v) is 13.3. The Morgan fingerprint density at radius 2 is 1.95 bits per heavy atom. The molecule has 116 valence electrons. The topological polar surface area (TPSA) is 39.7 Å². The quantitative estimate of drug-likeness (QED) is 0.613. The first-order valence-corrected chi connectivity index (χ1v) is 8.47. The van der Waals surface area contributed by atoms with Crippen molar-refractivity contribution in [2.24, 2.45) is 10.9 Å². The van der Waals surface area contributed by atoms with Crippen LogP contribution in [0.4, 0.5) is 0 Å². The van der Waals surface area contributed by atoms with Crippen LogP contribution >= 0.6 is 0 Å². The van der Waals surface area contributed by atoms with Gasteiger partial charge in [0.25, 0.3) is 0 Å². The van der Waals surface area contributed by atoms with Crippen molar-refractivity contribution in [1.29, 1.82) is 0 Å². The molecule has 0 radical (unpaired) electrons. The first-order chi connectivity index (χ1) is 9.78. The summed E-state index contributed by atoms with van der Waals surface area (Å²) in [4.78, 5) is 6.93. The summed E-state index contributed by atoms with van der Waals surface area (Å²) in [7, 11) is 1.88. The van der Waals surface area contributed by atoms with Gasteiger partial charge in [-0.3, -0.25) is 4.99 Å². The summed E-state index contributed by atoms with van der Waals surface area (Å²) in [6.45, 7) is 7.02. The Morgan fingerprint density at radius 3 is 2.65 bits per heavy atom. The van der Waals surface area contributed by atoms with Crippen molar-refractivity contribution in [3.05, 3.63) is 0 Å². The lowest BCUT2D eigenvalue weighted by atomic mass is 9.96. The van der Waals surface area contributed by atoms with Gasteiger partial charge in [-0.2, -0.15) is 0 Å². The van der Waals surface area contributed by atoms with Crippen molar-refractivity contribution in [2.75, 3.05) is 33.2 Å². The number of nitrogens with zero attached hydrogens (tertiary/aromatic N) is 2. The van der Waals surface area contributed by atoms with E-state index in [0.29, 0.717) is 6.04 Å². The Hall–Kier alpha value is -0.770. The second kappa shape index (κ2) is 8.50. The smallest absolute Gasteiger partial charge is 0.191 e. The molecule has 1 aliphatic heterocycles. The maximum atomic E-state index is 4.36. The molecule has 1 atom stereocenters. The fraction of sp³-hybridized carbons (Fsp3) is 0.938. The van der Waals surface area contributed by atoms with Crippen LogP contribution < -0.4 is 10.6 Å². The first kappa shape index (κ1) is 15.6. The normalized spacial score (nSPS) is 26.5. The number of likely N-dealkylation sites (tertiary alicyclic amines) is 1. The Balaban J connectivity index is 1.63. The van der Waals surface area contributed by atoms with Crippen LogP contribution in [-0.2, 0) is 0 Å². The second-order valence-electron chi connectivity index (χ2n) is 6.53. The molecule has 0 bridgehead atoms. The van der Waals surface area contributed by atoms with E-state index in [-0.39, 0.29) is 0 Å². The molecule has 2 N–H and O–H groups in total. The van der Waals surface area contributed by atoms with Gasteiger partial charge in [0, 0.05) is 32.7 Å². The van der Waals surface area contributed by atoms with Crippen molar-refractivity contribution in [3.8, 4) is 0 Å². The van der Waals surface area contributed by atoms with E-state index in [1.807, 2.05) is 7.05 Å². The van der Waals surface area contributed by atoms with E-state index >= 15 is 0 Å². The van der Waals surface area contributed by atoms with Gasteiger partial charge in [0.2, 0.25) is 0 Å². The first-order valence-electron chi connectivity index (χ1n) is 8.47. The molecule has 2 aliphatic rings. The molecule has 4 heteroatoms. The van der Waals surface area contributed by atoms with Gasteiger partial charge >= 0.3 is 0 Å². The predicted octanol–water partition coefficient (Wildman–Crippen LogP) is 2.22. The van der Waals surface area contributed by atoms with Crippen LogP contribution in [-0.4, -0.2) is 50.1 Å². The Morgan fingerprint density at radius 1 is 1.15 bits per heavy atom. The summed E-state index contributed by atoms with van der Waals surface area (Å²) < 4.78 is 0. The maximum Gasteiger partial charge on any atom is 0.191 e. The average molecular weight is 280 g/mol. The molecule has 0 aromatic carbocycles. The number of rotatable bonds is 4. The highest BCUT2D eigenvalue weighted by Gasteiger charge is 2.16. The molecule has 4 nitrogen and oxygen atoms in total. The van der Waals surface area contributed by atoms with E-state index in [1.54, 1.807) is 0 Å². The van der Waals surface area contributed by atoms with Gasteiger partial charge in [-0.15, -0.1) is 0 Å². The van der Waals surface area contributed by atoms with Crippen LogP contribution in [0, 0.1) is 5.92 Å². The molecule has 1 aliphatic carbocycles. The third-order valence-electron chi connectivity index (χ3n) is 4.63. The number of nitrogens with one attached hydrogen (secondary N) is 2. The molecule has 0 aromatic rings. The number of piperidine rings is 1. The highest BCUT2D eigenvalue weighted by molar-refractivity contribution is 5.79. The monoisotopic (exact) mass is 280 g/mol. The Kier molecular flexibility index (Phi) is 6.64. The van der Waals surface area contributed by atoms with Gasteiger partial charge < -0.3 is 15.5 Å². The van der Waals surface area contributed by atoms with Crippen molar-refractivity contribution in [1.82, 2.24) is 15.5 Å². The van der Waals surface area contributed by atoms with E-state index < -0.39 is 0 Å². The minimum atomic E-state index is 0.630. The zero-order valence-electron chi connectivity index (χ0n) is 13.3. The molecule has 1 unspecified atom stereocenters. The van der Waals surface area contributed by atoms with Crippen molar-refractivity contribution in [3.63, 3.8) is 0 Å². The molecular weight excluding hydrogens is 248 g/mol. The van der Waals surface area contributed by atoms with Crippen LogP contribution in [0.1, 0.15) is 51.9 Å². The van der Waals surface area contributed by atoms with E-state index in [9.17, 15) is 0 Å². The van der Waals surface area contributed by atoms with Crippen LogP contribution in [0.2, 0.25) is 0 Å². The van der Waals surface area contributed by atoms with Crippen LogP contribution in [0.3, 0.4) is 0 Å². The van der Waals surface area contributed by atoms with E-state index in [1.165, 1.54) is 58.0 Å². The average Bonchev–Trinajstić information content (AvgIpc) is 2.47. The van der Waals surface area contributed by atoms with E-state index in [4.69, 9.17) is 0 Å². The van der Waals surface area contributed by atoms with Crippen LogP contribution in [0.5, 0.6) is 0 Å². The van der Waals surface area contributed by atoms with Gasteiger partial charge in [-0.25, -0.2) is 0 Å². The third kappa shape index (κ3) is 5.31. The van der Waals surface area contributed by atoms with Gasteiger partial charge in [-0.1, -0.05) is 26.2 Å². The largest absolute Gasteiger partial charge is 0.355 e. The SMILES string of the molecule is CN=C(NCCN1CCCC(C)C1)NC1CCCCC1. The van der Waals surface area contributed by atoms with Crippen LogP contribution in [0.25, 0.3) is 0 Å². The number of hydrogen-bond acceptors (Lipinski definition) is 2. The molecule has 2 fully saturated rings. The second-order valence-corrected chi connectivity index (χ2v) is 6.53. The maximum absolute atomic E-state index is 4.36. The van der Waals surface area contributed by atoms with E-state index in [2.05, 4.69) is 27.4 Å². The molecule has 20 heavy (non-hydrogen) atoms. The standard InChI is InChI=1S/C16H32N4/c1-14-7-6-11-20(13-14)12-10-18-16(17-2)19-15-8-4-3-5-9-15/h14-15H,3-13H2,1-2H3,(H2,17,18,19). The number of aliphatic imine (C=N–C) groups is 1. The van der Waals surface area contributed by atoms with Gasteiger partial charge in [-0.05, 0) is 38.1 Å². The summed E-state index contributed by atoms with van der Waals surface area (Å²) in [5, 5.41) is 7.05. The lowest BCUT2D eigenvalue weighted by Gasteiger charge is -2.31. The summed E-state index contributed by atoms with van der Waals surface area (Å²) in [6, 6.07) is 0.630. The Bertz CT molecular complexity index is 297. The van der Waals surface area contributed by atoms with Crippen molar-refractivity contribution < 1.29 is 0 Å². The van der Waals surface area contributed by atoms with Gasteiger partial charge in [0.05, 0.1) is 0 Å². The summed E-state index contributed by atoms with van der Waals surface area (Å²) in [5.41, 5.74) is 0. The molecule has 1 saturated carbocycles. The number of hydrogen-bond donors (Lipinski definition) is 2. The lowest BCUT2D eigenvalue weighted by molar-refractivity contribution is 0.186. The molecular formula is C16H32N4. The van der Waals surface area contributed by atoms with Gasteiger partial charge in [0.15, 0.2) is 5.96 Å². The Labute approximate surface area is 124 Å². The van der Waals surface area contributed by atoms with Crippen LogP contribution in [0.15, 0.2) is 4.99 Å².